The summed E-state index contributed by atoms with van der Waals surface area (Å²) in [5.41, 5.74) is 3.01. The minimum Gasteiger partial charge on any atom is -0.461 e. The van der Waals surface area contributed by atoms with E-state index < -0.39 is 5.97 Å². The summed E-state index contributed by atoms with van der Waals surface area (Å²) >= 11 is 0. The van der Waals surface area contributed by atoms with Gasteiger partial charge >= 0.3 is 5.97 Å². The molecular weight excluding hydrogens is 294 g/mol. The predicted octanol–water partition coefficient (Wildman–Crippen LogP) is 2.18. The van der Waals surface area contributed by atoms with Crippen molar-refractivity contribution in [3.8, 4) is 0 Å². The summed E-state index contributed by atoms with van der Waals surface area (Å²) in [6, 6.07) is 5.68. The zero-order valence-corrected chi connectivity index (χ0v) is 13.6. The highest BCUT2D eigenvalue weighted by molar-refractivity contribution is 6.01. The van der Waals surface area contributed by atoms with Gasteiger partial charge in [-0.05, 0) is 38.5 Å². The maximum absolute atomic E-state index is 12.4. The molecule has 2 rings (SSSR count). The lowest BCUT2D eigenvalue weighted by Gasteiger charge is -2.06. The second-order valence-corrected chi connectivity index (χ2v) is 5.17. The van der Waals surface area contributed by atoms with Crippen LogP contribution >= 0.6 is 0 Å². The van der Waals surface area contributed by atoms with Crippen LogP contribution in [0.15, 0.2) is 24.4 Å². The summed E-state index contributed by atoms with van der Waals surface area (Å²) in [6.45, 7) is 6.03. The minimum absolute atomic E-state index is 0.206. The maximum Gasteiger partial charge on any atom is 0.355 e. The lowest BCUT2D eigenvalue weighted by Crippen LogP contribution is -2.26. The van der Waals surface area contributed by atoms with E-state index in [-0.39, 0.29) is 5.91 Å². The van der Waals surface area contributed by atoms with Crippen LogP contribution in [-0.4, -0.2) is 35.0 Å². The van der Waals surface area contributed by atoms with Gasteiger partial charge in [-0.2, -0.15) is 0 Å². The van der Waals surface area contributed by atoms with Crippen molar-refractivity contribution in [1.29, 1.82) is 0 Å². The number of aryl methyl sites for hydroxylation is 1. The first-order valence-corrected chi connectivity index (χ1v) is 7.59. The fraction of sp³-hybridized carbons (Fsp3) is 0.353. The Labute approximate surface area is 135 Å². The third-order valence-corrected chi connectivity index (χ3v) is 3.54. The van der Waals surface area contributed by atoms with Gasteiger partial charge in [0.2, 0.25) is 0 Å². The summed E-state index contributed by atoms with van der Waals surface area (Å²) in [7, 11) is 0. The maximum atomic E-state index is 12.4. The molecule has 23 heavy (non-hydrogen) atoms. The molecule has 0 fully saturated rings. The zero-order valence-electron chi connectivity index (χ0n) is 13.6. The number of carbonyl (C=O) groups is 2. The van der Waals surface area contributed by atoms with Gasteiger partial charge in [0.05, 0.1) is 12.2 Å². The molecule has 2 aromatic rings. The number of esters is 1. The van der Waals surface area contributed by atoms with E-state index in [1.165, 1.54) is 0 Å². The summed E-state index contributed by atoms with van der Waals surface area (Å²) < 4.78 is 4.99. The number of aromatic amines is 1. The van der Waals surface area contributed by atoms with E-state index >= 15 is 0 Å². The van der Waals surface area contributed by atoms with Gasteiger partial charge in [0.1, 0.15) is 5.69 Å². The Bertz CT molecular complexity index is 693. The fourth-order valence-corrected chi connectivity index (χ4v) is 2.44. The number of hydrogen-bond donors (Lipinski definition) is 2. The van der Waals surface area contributed by atoms with E-state index in [1.54, 1.807) is 27.0 Å². The number of nitrogens with one attached hydrogen (secondary N) is 2. The van der Waals surface area contributed by atoms with Crippen molar-refractivity contribution in [3.05, 3.63) is 52.6 Å². The first kappa shape index (κ1) is 16.7. The highest BCUT2D eigenvalue weighted by Gasteiger charge is 2.22. The summed E-state index contributed by atoms with van der Waals surface area (Å²) in [4.78, 5) is 31.4. The van der Waals surface area contributed by atoms with Crippen LogP contribution in [0.3, 0.4) is 0 Å². The molecule has 1 amide bonds. The van der Waals surface area contributed by atoms with E-state index in [4.69, 9.17) is 4.74 Å². The molecule has 0 atom stereocenters. The number of H-pyrrole nitrogens is 1. The lowest BCUT2D eigenvalue weighted by atomic mass is 10.1. The molecule has 2 heterocycles. The fourth-order valence-electron chi connectivity index (χ4n) is 2.44. The normalized spacial score (nSPS) is 10.4. The van der Waals surface area contributed by atoms with Gasteiger partial charge in [-0.15, -0.1) is 0 Å². The molecule has 122 valence electrons. The van der Waals surface area contributed by atoms with Crippen LogP contribution in [0.25, 0.3) is 0 Å². The van der Waals surface area contributed by atoms with E-state index in [0.29, 0.717) is 42.1 Å². The molecule has 0 bridgehead atoms. The molecule has 0 aliphatic carbocycles. The number of amides is 1. The highest BCUT2D eigenvalue weighted by Crippen LogP contribution is 2.18. The molecule has 0 saturated heterocycles. The van der Waals surface area contributed by atoms with Crippen LogP contribution in [-0.2, 0) is 11.2 Å². The molecule has 0 aromatic carbocycles. The average Bonchev–Trinajstić information content (AvgIpc) is 2.83. The predicted molar refractivity (Wildman–Crippen MR) is 86.5 cm³/mol. The van der Waals surface area contributed by atoms with Crippen molar-refractivity contribution in [1.82, 2.24) is 15.3 Å². The van der Waals surface area contributed by atoms with Crippen molar-refractivity contribution in [3.63, 3.8) is 0 Å². The molecule has 2 aromatic heterocycles. The Hall–Kier alpha value is -2.63. The third kappa shape index (κ3) is 3.97. The molecule has 0 aliphatic rings. The second-order valence-electron chi connectivity index (χ2n) is 5.17. The molecule has 6 nitrogen and oxygen atoms in total. The van der Waals surface area contributed by atoms with E-state index in [2.05, 4.69) is 15.3 Å². The molecule has 6 heteroatoms. The number of rotatable bonds is 6. The standard InChI is InChI=1S/C17H21N3O3/c1-4-23-17(22)15-11(2)14(12(3)20-15)16(21)19-10-8-13-7-5-6-9-18-13/h5-7,9,20H,4,8,10H2,1-3H3,(H,19,21). The first-order valence-electron chi connectivity index (χ1n) is 7.59. The smallest absolute Gasteiger partial charge is 0.355 e. The van der Waals surface area contributed by atoms with Gasteiger partial charge in [0, 0.05) is 30.6 Å². The number of hydrogen-bond acceptors (Lipinski definition) is 4. The monoisotopic (exact) mass is 315 g/mol. The van der Waals surface area contributed by atoms with Gasteiger partial charge in [0.15, 0.2) is 0 Å². The molecule has 2 N–H and O–H groups in total. The summed E-state index contributed by atoms with van der Waals surface area (Å²) in [5.74, 6) is -0.650. The zero-order chi connectivity index (χ0) is 16.8. The highest BCUT2D eigenvalue weighted by atomic mass is 16.5. The molecule has 0 saturated carbocycles. The number of carbonyl (C=O) groups excluding carboxylic acids is 2. The average molecular weight is 315 g/mol. The quantitative estimate of drug-likeness (QED) is 0.800. The van der Waals surface area contributed by atoms with Crippen molar-refractivity contribution < 1.29 is 14.3 Å². The number of aromatic nitrogens is 2. The third-order valence-electron chi connectivity index (χ3n) is 3.54. The van der Waals surface area contributed by atoms with Crippen LogP contribution in [0.1, 0.15) is 44.7 Å². The Morgan fingerprint density at radius 2 is 2.09 bits per heavy atom. The Balaban J connectivity index is 2.03. The summed E-state index contributed by atoms with van der Waals surface area (Å²) in [6.07, 6.45) is 2.38. The van der Waals surface area contributed by atoms with Crippen LogP contribution < -0.4 is 5.32 Å². The molecular formula is C17H21N3O3. The second kappa shape index (κ2) is 7.58. The molecule has 0 radical (unpaired) electrons. The molecule has 0 spiro atoms. The van der Waals surface area contributed by atoms with Gasteiger partial charge in [-0.25, -0.2) is 4.79 Å². The lowest BCUT2D eigenvalue weighted by molar-refractivity contribution is 0.0519. The molecule has 0 unspecified atom stereocenters. The van der Waals surface area contributed by atoms with Gasteiger partial charge in [-0.1, -0.05) is 6.07 Å². The SMILES string of the molecule is CCOC(=O)c1[nH]c(C)c(C(=O)NCCc2ccccn2)c1C. The topological polar surface area (TPSA) is 84.1 Å². The summed E-state index contributed by atoms with van der Waals surface area (Å²) in [5, 5.41) is 2.86. The number of nitrogens with zero attached hydrogens (tertiary/aromatic N) is 1. The van der Waals surface area contributed by atoms with Crippen molar-refractivity contribution in [2.75, 3.05) is 13.2 Å². The van der Waals surface area contributed by atoms with Crippen LogP contribution in [0.4, 0.5) is 0 Å². The van der Waals surface area contributed by atoms with Crippen molar-refractivity contribution in [2.45, 2.75) is 27.2 Å². The van der Waals surface area contributed by atoms with Crippen molar-refractivity contribution in [2.24, 2.45) is 0 Å². The number of ether oxygens (including phenoxy) is 1. The van der Waals surface area contributed by atoms with E-state index in [0.717, 1.165) is 5.69 Å². The van der Waals surface area contributed by atoms with Gasteiger partial charge < -0.3 is 15.0 Å². The van der Waals surface area contributed by atoms with Gasteiger partial charge in [0.25, 0.3) is 5.91 Å². The first-order chi connectivity index (χ1) is 11.0. The molecule has 0 aliphatic heterocycles. The van der Waals surface area contributed by atoms with Crippen LogP contribution in [0.5, 0.6) is 0 Å². The van der Waals surface area contributed by atoms with Crippen LogP contribution in [0.2, 0.25) is 0 Å². The minimum atomic E-state index is -0.444. The van der Waals surface area contributed by atoms with Crippen LogP contribution in [0, 0.1) is 13.8 Å². The van der Waals surface area contributed by atoms with Gasteiger partial charge in [-0.3, -0.25) is 9.78 Å². The van der Waals surface area contributed by atoms with E-state index in [1.807, 2.05) is 18.2 Å². The number of pyridine rings is 1. The largest absolute Gasteiger partial charge is 0.461 e. The Morgan fingerprint density at radius 1 is 1.30 bits per heavy atom. The Morgan fingerprint density at radius 3 is 2.74 bits per heavy atom. The van der Waals surface area contributed by atoms with Crippen molar-refractivity contribution >= 4 is 11.9 Å². The van der Waals surface area contributed by atoms with E-state index in [9.17, 15) is 9.59 Å². The Kier molecular flexibility index (Phi) is 5.51.